The van der Waals surface area contributed by atoms with Crippen molar-refractivity contribution in [1.82, 2.24) is 10.0 Å². The van der Waals surface area contributed by atoms with Crippen LogP contribution < -0.4 is 10.0 Å². The molecule has 1 aromatic heterocycles. The summed E-state index contributed by atoms with van der Waals surface area (Å²) in [6, 6.07) is 2.93. The van der Waals surface area contributed by atoms with Gasteiger partial charge in [0.15, 0.2) is 0 Å². The van der Waals surface area contributed by atoms with E-state index in [9.17, 15) is 8.42 Å². The van der Waals surface area contributed by atoms with E-state index < -0.39 is 10.0 Å². The number of nitrogens with one attached hydrogen (secondary N) is 2. The molecular formula is C11H18N2O4S. The van der Waals surface area contributed by atoms with Crippen LogP contribution in [0.1, 0.15) is 19.1 Å². The molecule has 0 radical (unpaired) electrons. The molecule has 2 unspecified atom stereocenters. The third-order valence-corrected chi connectivity index (χ3v) is 4.30. The van der Waals surface area contributed by atoms with E-state index in [0.29, 0.717) is 25.3 Å². The molecule has 0 saturated carbocycles. The van der Waals surface area contributed by atoms with E-state index in [4.69, 9.17) is 9.15 Å². The molecule has 7 heteroatoms. The van der Waals surface area contributed by atoms with E-state index in [1.165, 1.54) is 6.07 Å². The van der Waals surface area contributed by atoms with E-state index in [0.717, 1.165) is 0 Å². The molecule has 0 aliphatic carbocycles. The summed E-state index contributed by atoms with van der Waals surface area (Å²) in [6.07, 6.45) is 0.580. The zero-order valence-corrected chi connectivity index (χ0v) is 11.3. The lowest BCUT2D eigenvalue weighted by molar-refractivity contribution is 0.116. The lowest BCUT2D eigenvalue weighted by atomic mass is 10.2. The standard InChI is InChI=1S/C11H18N2O4S/c1-8-10(5-6-16-8)13-18(14,15)11-4-3-9(17-11)7-12-2/h3-4,8,10,12-13H,5-7H2,1-2H3. The largest absolute Gasteiger partial charge is 0.447 e. The van der Waals surface area contributed by atoms with Crippen LogP contribution in [0.15, 0.2) is 21.6 Å². The Morgan fingerprint density at radius 3 is 2.83 bits per heavy atom. The fourth-order valence-electron chi connectivity index (χ4n) is 1.92. The molecule has 2 atom stereocenters. The highest BCUT2D eigenvalue weighted by molar-refractivity contribution is 7.89. The molecule has 1 fully saturated rings. The average Bonchev–Trinajstić information content (AvgIpc) is 2.90. The summed E-state index contributed by atoms with van der Waals surface area (Å²) < 4.78 is 37.4. The number of ether oxygens (including phenoxy) is 1. The first-order valence-corrected chi connectivity index (χ1v) is 7.38. The maximum atomic E-state index is 12.1. The minimum Gasteiger partial charge on any atom is -0.447 e. The smallest absolute Gasteiger partial charge is 0.274 e. The van der Waals surface area contributed by atoms with Gasteiger partial charge in [-0.1, -0.05) is 0 Å². The molecule has 6 nitrogen and oxygen atoms in total. The van der Waals surface area contributed by atoms with Gasteiger partial charge in [0.2, 0.25) is 5.09 Å². The molecule has 1 aliphatic rings. The fraction of sp³-hybridized carbons (Fsp3) is 0.636. The third kappa shape index (κ3) is 2.92. The van der Waals surface area contributed by atoms with Crippen LogP contribution in [-0.2, 0) is 21.3 Å². The number of hydrogen-bond acceptors (Lipinski definition) is 5. The first-order chi connectivity index (χ1) is 8.53. The summed E-state index contributed by atoms with van der Waals surface area (Å²) in [4.78, 5) is 0. The SMILES string of the molecule is CNCc1ccc(S(=O)(=O)NC2CCOC2C)o1. The first-order valence-electron chi connectivity index (χ1n) is 5.90. The summed E-state index contributed by atoms with van der Waals surface area (Å²) in [5.41, 5.74) is 0. The fourth-order valence-corrected chi connectivity index (χ4v) is 3.20. The van der Waals surface area contributed by atoms with Gasteiger partial charge in [-0.15, -0.1) is 0 Å². The van der Waals surface area contributed by atoms with Crippen molar-refractivity contribution in [2.45, 2.75) is 37.1 Å². The van der Waals surface area contributed by atoms with Crippen LogP contribution in [0, 0.1) is 0 Å². The molecule has 1 aliphatic heterocycles. The van der Waals surface area contributed by atoms with Crippen molar-refractivity contribution in [2.24, 2.45) is 0 Å². The Morgan fingerprint density at radius 2 is 2.22 bits per heavy atom. The Morgan fingerprint density at radius 1 is 1.44 bits per heavy atom. The van der Waals surface area contributed by atoms with Gasteiger partial charge >= 0.3 is 0 Å². The Kier molecular flexibility index (Phi) is 4.06. The molecule has 1 aromatic rings. The lowest BCUT2D eigenvalue weighted by Crippen LogP contribution is -2.38. The minimum atomic E-state index is -3.60. The van der Waals surface area contributed by atoms with E-state index in [1.807, 2.05) is 6.92 Å². The molecule has 2 heterocycles. The van der Waals surface area contributed by atoms with Gasteiger partial charge in [-0.3, -0.25) is 0 Å². The van der Waals surface area contributed by atoms with Gasteiger partial charge < -0.3 is 14.5 Å². The predicted octanol–water partition coefficient (Wildman–Crippen LogP) is 0.455. The van der Waals surface area contributed by atoms with Gasteiger partial charge in [0.05, 0.1) is 18.7 Å². The second kappa shape index (κ2) is 5.40. The van der Waals surface area contributed by atoms with Crippen LogP contribution in [-0.4, -0.2) is 34.2 Å². The molecule has 18 heavy (non-hydrogen) atoms. The van der Waals surface area contributed by atoms with Crippen molar-refractivity contribution in [1.29, 1.82) is 0 Å². The molecule has 1 saturated heterocycles. The van der Waals surface area contributed by atoms with Crippen LogP contribution in [0.3, 0.4) is 0 Å². The predicted molar refractivity (Wildman–Crippen MR) is 65.6 cm³/mol. The number of sulfonamides is 1. The van der Waals surface area contributed by atoms with Gasteiger partial charge in [0, 0.05) is 6.61 Å². The van der Waals surface area contributed by atoms with Crippen molar-refractivity contribution in [3.8, 4) is 0 Å². The Labute approximate surface area is 107 Å². The van der Waals surface area contributed by atoms with Crippen LogP contribution in [0.5, 0.6) is 0 Å². The number of hydrogen-bond donors (Lipinski definition) is 2. The van der Waals surface area contributed by atoms with Gasteiger partial charge in [-0.25, -0.2) is 13.1 Å². The average molecular weight is 274 g/mol. The van der Waals surface area contributed by atoms with Crippen molar-refractivity contribution in [2.75, 3.05) is 13.7 Å². The summed E-state index contributed by atoms with van der Waals surface area (Å²) >= 11 is 0. The van der Waals surface area contributed by atoms with E-state index >= 15 is 0 Å². The van der Waals surface area contributed by atoms with Crippen molar-refractivity contribution >= 4 is 10.0 Å². The van der Waals surface area contributed by atoms with Crippen LogP contribution >= 0.6 is 0 Å². The van der Waals surface area contributed by atoms with Gasteiger partial charge in [0.1, 0.15) is 5.76 Å². The molecule has 0 amide bonds. The van der Waals surface area contributed by atoms with E-state index in [1.54, 1.807) is 13.1 Å². The van der Waals surface area contributed by atoms with Crippen LogP contribution in [0.4, 0.5) is 0 Å². The zero-order valence-electron chi connectivity index (χ0n) is 10.5. The van der Waals surface area contributed by atoms with Crippen molar-refractivity contribution < 1.29 is 17.6 Å². The molecular weight excluding hydrogens is 256 g/mol. The van der Waals surface area contributed by atoms with Crippen LogP contribution in [0.2, 0.25) is 0 Å². The Bertz CT molecular complexity index is 497. The summed E-state index contributed by atoms with van der Waals surface area (Å²) in [5.74, 6) is 0.591. The molecule has 2 rings (SSSR count). The highest BCUT2D eigenvalue weighted by atomic mass is 32.2. The number of rotatable bonds is 5. The maximum Gasteiger partial charge on any atom is 0.274 e. The Hall–Kier alpha value is -0.890. The quantitative estimate of drug-likeness (QED) is 0.815. The molecule has 2 N–H and O–H groups in total. The summed E-state index contributed by atoms with van der Waals surface area (Å²) in [5, 5.41) is 2.85. The molecule has 0 bridgehead atoms. The Balaban J connectivity index is 2.09. The highest BCUT2D eigenvalue weighted by Crippen LogP contribution is 2.18. The normalized spacial score (nSPS) is 24.6. The third-order valence-electron chi connectivity index (χ3n) is 2.94. The summed E-state index contributed by atoms with van der Waals surface area (Å²) in [6.45, 7) is 2.94. The molecule has 0 aromatic carbocycles. The topological polar surface area (TPSA) is 80.6 Å². The maximum absolute atomic E-state index is 12.1. The van der Waals surface area contributed by atoms with Crippen LogP contribution in [0.25, 0.3) is 0 Å². The van der Waals surface area contributed by atoms with Gasteiger partial charge in [-0.05, 0) is 32.5 Å². The first kappa shape index (κ1) is 13.5. The van der Waals surface area contributed by atoms with Gasteiger partial charge in [0.25, 0.3) is 10.0 Å². The molecule has 102 valence electrons. The second-order valence-electron chi connectivity index (χ2n) is 4.34. The van der Waals surface area contributed by atoms with Crippen molar-refractivity contribution in [3.05, 3.63) is 17.9 Å². The van der Waals surface area contributed by atoms with Crippen molar-refractivity contribution in [3.63, 3.8) is 0 Å². The minimum absolute atomic E-state index is 0.0492. The molecule has 0 spiro atoms. The zero-order chi connectivity index (χ0) is 13.2. The monoisotopic (exact) mass is 274 g/mol. The van der Waals surface area contributed by atoms with E-state index in [-0.39, 0.29) is 17.2 Å². The number of furan rings is 1. The highest BCUT2D eigenvalue weighted by Gasteiger charge is 2.30. The van der Waals surface area contributed by atoms with E-state index in [2.05, 4.69) is 10.0 Å². The lowest BCUT2D eigenvalue weighted by Gasteiger charge is -2.14. The van der Waals surface area contributed by atoms with Gasteiger partial charge in [-0.2, -0.15) is 0 Å². The second-order valence-corrected chi connectivity index (χ2v) is 5.99. The summed E-state index contributed by atoms with van der Waals surface area (Å²) in [7, 11) is -1.83.